The smallest absolute Gasteiger partial charge is 0.260 e. The molecule has 8 nitrogen and oxygen atoms in total. The normalized spacial score (nSPS) is 25.6. The van der Waals surface area contributed by atoms with Crippen LogP contribution in [0.2, 0.25) is 0 Å². The van der Waals surface area contributed by atoms with Gasteiger partial charge in [0.1, 0.15) is 5.75 Å². The van der Waals surface area contributed by atoms with Crippen LogP contribution in [0.3, 0.4) is 0 Å². The lowest BCUT2D eigenvalue weighted by atomic mass is 9.85. The Morgan fingerprint density at radius 3 is 2.24 bits per heavy atom. The Balaban J connectivity index is 1.38. The first-order valence-electron chi connectivity index (χ1n) is 11.6. The monoisotopic (exact) mass is 455 g/mol. The second-order valence-corrected chi connectivity index (χ2v) is 8.98. The van der Waals surface area contributed by atoms with Gasteiger partial charge in [0, 0.05) is 0 Å². The van der Waals surface area contributed by atoms with Crippen molar-refractivity contribution in [1.82, 2.24) is 14.8 Å². The van der Waals surface area contributed by atoms with Gasteiger partial charge in [-0.05, 0) is 42.5 Å². The summed E-state index contributed by atoms with van der Waals surface area (Å²) in [5.74, 6) is 0.459. The van der Waals surface area contributed by atoms with Crippen molar-refractivity contribution < 1.29 is 14.3 Å². The summed E-state index contributed by atoms with van der Waals surface area (Å²) in [5.41, 5.74) is 2.19. The van der Waals surface area contributed by atoms with Gasteiger partial charge in [0.2, 0.25) is 17.8 Å². The molecule has 3 heterocycles. The molecule has 0 bridgehead atoms. The van der Waals surface area contributed by atoms with Crippen LogP contribution >= 0.6 is 0 Å². The van der Waals surface area contributed by atoms with E-state index in [4.69, 9.17) is 9.84 Å². The van der Waals surface area contributed by atoms with Gasteiger partial charge in [-0.3, -0.25) is 9.59 Å². The number of benzene rings is 2. The van der Waals surface area contributed by atoms with Crippen molar-refractivity contribution >= 4 is 23.7 Å². The van der Waals surface area contributed by atoms with Crippen molar-refractivity contribution in [2.24, 2.45) is 11.8 Å². The highest BCUT2D eigenvalue weighted by Gasteiger charge is 2.49. The number of allylic oxidation sites excluding steroid dienone is 2. The molecule has 0 spiro atoms. The Bertz CT molecular complexity index is 1240. The van der Waals surface area contributed by atoms with Gasteiger partial charge in [-0.15, -0.1) is 5.10 Å². The molecule has 6 rings (SSSR count). The molecule has 0 unspecified atom stereocenters. The Labute approximate surface area is 197 Å². The molecule has 1 aromatic heterocycles. The highest BCUT2D eigenvalue weighted by atomic mass is 16.5. The van der Waals surface area contributed by atoms with Crippen LogP contribution in [0.5, 0.6) is 5.75 Å². The van der Waals surface area contributed by atoms with E-state index in [-0.39, 0.29) is 41.7 Å². The average molecular weight is 456 g/mol. The fourth-order valence-corrected chi connectivity index (χ4v) is 5.27. The number of nitrogens with one attached hydrogen (secondary N) is 1. The van der Waals surface area contributed by atoms with Crippen LogP contribution in [0.15, 0.2) is 66.7 Å². The summed E-state index contributed by atoms with van der Waals surface area (Å²) in [6, 6.07) is 18.0. The lowest BCUT2D eigenvalue weighted by Gasteiger charge is -2.31. The van der Waals surface area contributed by atoms with Gasteiger partial charge in [0.15, 0.2) is 0 Å². The number of amides is 2. The van der Waals surface area contributed by atoms with Crippen LogP contribution in [0.1, 0.15) is 42.5 Å². The minimum atomic E-state index is -0.317. The number of aromatic nitrogens is 3. The minimum Gasteiger partial charge on any atom is -0.497 e. The fraction of sp³-hybridized carbons (Fsp3) is 0.308. The molecular weight excluding hydrogens is 430 g/mol. The van der Waals surface area contributed by atoms with E-state index in [0.29, 0.717) is 18.8 Å². The quantitative estimate of drug-likeness (QED) is 0.474. The molecule has 2 aliphatic heterocycles. The van der Waals surface area contributed by atoms with Crippen LogP contribution < -0.4 is 15.0 Å². The minimum absolute atomic E-state index is 0.0163. The molecule has 34 heavy (non-hydrogen) atoms. The largest absolute Gasteiger partial charge is 0.497 e. The molecule has 1 aliphatic carbocycles. The van der Waals surface area contributed by atoms with Crippen LogP contribution in [-0.4, -0.2) is 33.7 Å². The summed E-state index contributed by atoms with van der Waals surface area (Å²) < 4.78 is 7.11. The van der Waals surface area contributed by atoms with Gasteiger partial charge in [0.25, 0.3) is 5.95 Å². The average Bonchev–Trinajstić information content (AvgIpc) is 3.42. The van der Waals surface area contributed by atoms with E-state index in [0.717, 1.165) is 23.3 Å². The van der Waals surface area contributed by atoms with Crippen LogP contribution in [-0.2, 0) is 9.59 Å². The molecule has 2 aromatic carbocycles. The SMILES string of the molecule is COc1ccc([C@@H]2C[C@H](c3ccccc3)n3nc(N4C(=O)[C@@H]5CC=CC[C@H]5C4=O)nc3N2)cc1. The van der Waals surface area contributed by atoms with Crippen LogP contribution in [0.4, 0.5) is 11.9 Å². The molecular formula is C26H25N5O3. The zero-order chi connectivity index (χ0) is 23.2. The maximum Gasteiger partial charge on any atom is 0.260 e. The fourth-order valence-electron chi connectivity index (χ4n) is 5.27. The maximum atomic E-state index is 13.1. The number of carbonyl (C=O) groups is 2. The molecule has 3 aliphatic rings. The Kier molecular flexibility index (Phi) is 4.94. The first kappa shape index (κ1) is 20.7. The Morgan fingerprint density at radius 2 is 1.59 bits per heavy atom. The lowest BCUT2D eigenvalue weighted by molar-refractivity contribution is -0.122. The zero-order valence-electron chi connectivity index (χ0n) is 18.8. The number of rotatable bonds is 4. The number of hydrogen-bond acceptors (Lipinski definition) is 6. The van der Waals surface area contributed by atoms with E-state index in [2.05, 4.69) is 22.4 Å². The topological polar surface area (TPSA) is 89.4 Å². The standard InChI is InChI=1S/C26H25N5O3/c1-34-18-13-11-16(12-14-18)21-15-22(17-7-3-2-4-8-17)31-25(27-21)28-26(29-31)30-23(32)19-9-5-6-10-20(19)24(30)33/h2-8,11-14,19-22H,9-10,15H2,1H3,(H,27,28,29)/t19-,20-,21+,22-/m1/s1. The van der Waals surface area contributed by atoms with Crippen molar-refractivity contribution in [3.05, 3.63) is 77.9 Å². The number of nitrogens with zero attached hydrogens (tertiary/aromatic N) is 4. The van der Waals surface area contributed by atoms with E-state index in [1.54, 1.807) is 7.11 Å². The number of anilines is 2. The van der Waals surface area contributed by atoms with Gasteiger partial charge < -0.3 is 10.1 Å². The molecule has 4 atom stereocenters. The van der Waals surface area contributed by atoms with Crippen molar-refractivity contribution in [3.8, 4) is 5.75 Å². The van der Waals surface area contributed by atoms with Crippen LogP contribution in [0, 0.1) is 11.8 Å². The van der Waals surface area contributed by atoms with Crippen molar-refractivity contribution in [2.45, 2.75) is 31.3 Å². The number of carbonyl (C=O) groups excluding carboxylic acids is 2. The van der Waals surface area contributed by atoms with Crippen molar-refractivity contribution in [3.63, 3.8) is 0 Å². The summed E-state index contributed by atoms with van der Waals surface area (Å²) >= 11 is 0. The van der Waals surface area contributed by atoms with Gasteiger partial charge in [0.05, 0.1) is 31.0 Å². The lowest BCUT2D eigenvalue weighted by Crippen LogP contribution is -2.32. The highest BCUT2D eigenvalue weighted by Crippen LogP contribution is 2.41. The second-order valence-electron chi connectivity index (χ2n) is 8.98. The van der Waals surface area contributed by atoms with Gasteiger partial charge >= 0.3 is 0 Å². The number of methoxy groups -OCH3 is 1. The van der Waals surface area contributed by atoms with E-state index >= 15 is 0 Å². The molecule has 3 aromatic rings. The van der Waals surface area contributed by atoms with Crippen molar-refractivity contribution in [1.29, 1.82) is 0 Å². The first-order valence-corrected chi connectivity index (χ1v) is 11.6. The predicted molar refractivity (Wildman–Crippen MR) is 126 cm³/mol. The first-order chi connectivity index (χ1) is 16.6. The molecule has 1 fully saturated rings. The van der Waals surface area contributed by atoms with Gasteiger partial charge in [-0.25, -0.2) is 9.58 Å². The van der Waals surface area contributed by atoms with Crippen molar-refractivity contribution in [2.75, 3.05) is 17.3 Å². The summed E-state index contributed by atoms with van der Waals surface area (Å²) in [4.78, 5) is 32.1. The predicted octanol–water partition coefficient (Wildman–Crippen LogP) is 3.89. The number of ether oxygens (including phenoxy) is 1. The molecule has 172 valence electrons. The van der Waals surface area contributed by atoms with E-state index < -0.39 is 0 Å². The highest BCUT2D eigenvalue weighted by molar-refractivity contribution is 6.21. The van der Waals surface area contributed by atoms with E-state index in [9.17, 15) is 9.59 Å². The summed E-state index contributed by atoms with van der Waals surface area (Å²) in [5, 5.41) is 8.17. The zero-order valence-corrected chi connectivity index (χ0v) is 18.8. The number of imide groups is 1. The summed E-state index contributed by atoms with van der Waals surface area (Å²) in [6.07, 6.45) is 5.87. The number of hydrogen-bond donors (Lipinski definition) is 1. The third-order valence-electron chi connectivity index (χ3n) is 7.09. The number of fused-ring (bicyclic) bond motifs is 2. The molecule has 0 saturated carbocycles. The second kappa shape index (κ2) is 8.13. The molecule has 0 radical (unpaired) electrons. The molecule has 1 N–H and O–H groups in total. The van der Waals surface area contributed by atoms with Gasteiger partial charge in [-0.2, -0.15) is 4.98 Å². The Hall–Kier alpha value is -3.94. The van der Waals surface area contributed by atoms with Gasteiger partial charge in [-0.1, -0.05) is 54.6 Å². The van der Waals surface area contributed by atoms with E-state index in [1.165, 1.54) is 4.90 Å². The summed E-state index contributed by atoms with van der Waals surface area (Å²) in [7, 11) is 1.65. The molecule has 8 heteroatoms. The third kappa shape index (κ3) is 3.29. The Morgan fingerprint density at radius 1 is 0.912 bits per heavy atom. The molecule has 1 saturated heterocycles. The molecule has 2 amide bonds. The van der Waals surface area contributed by atoms with E-state index in [1.807, 2.05) is 59.3 Å². The van der Waals surface area contributed by atoms with Crippen LogP contribution in [0.25, 0.3) is 0 Å². The summed E-state index contributed by atoms with van der Waals surface area (Å²) in [6.45, 7) is 0. The third-order valence-corrected chi connectivity index (χ3v) is 7.09. The maximum absolute atomic E-state index is 13.1.